The number of terminal acetylenes is 1. The Morgan fingerprint density at radius 2 is 1.30 bits per heavy atom. The van der Waals surface area contributed by atoms with E-state index in [9.17, 15) is 9.59 Å². The first-order chi connectivity index (χ1) is 22.5. The van der Waals surface area contributed by atoms with E-state index in [4.69, 9.17) is 30.1 Å². The van der Waals surface area contributed by atoms with Crippen LogP contribution in [0.15, 0.2) is 72.8 Å². The molecule has 1 heterocycles. The fourth-order valence-electron chi connectivity index (χ4n) is 5.87. The molecule has 1 saturated heterocycles. The average molecular weight is 641 g/mol. The molecule has 250 valence electrons. The third-order valence-corrected chi connectivity index (χ3v) is 8.62. The summed E-state index contributed by atoms with van der Waals surface area (Å²) in [7, 11) is 0. The minimum Gasteiger partial charge on any atom is -0.454 e. The molecule has 0 aromatic heterocycles. The van der Waals surface area contributed by atoms with Gasteiger partial charge in [-0.05, 0) is 64.3 Å². The number of hydrogen-bond acceptors (Lipinski definition) is 7. The van der Waals surface area contributed by atoms with E-state index in [2.05, 4.69) is 59.6 Å². The summed E-state index contributed by atoms with van der Waals surface area (Å²) in [6.07, 6.45) is 1.89. The Morgan fingerprint density at radius 3 is 1.77 bits per heavy atom. The van der Waals surface area contributed by atoms with Crippen LogP contribution in [0.4, 0.5) is 0 Å². The fraction of sp³-hybridized carbons (Fsp3) is 0.450. The molecule has 0 bridgehead atoms. The van der Waals surface area contributed by atoms with E-state index >= 15 is 0 Å². The molecule has 5 atom stereocenters. The first kappa shape index (κ1) is 35.9. The van der Waals surface area contributed by atoms with Gasteiger partial charge >= 0.3 is 11.9 Å². The van der Waals surface area contributed by atoms with Crippen molar-refractivity contribution >= 4 is 11.9 Å². The predicted octanol–water partition coefficient (Wildman–Crippen LogP) is 8.04. The van der Waals surface area contributed by atoms with Crippen molar-refractivity contribution in [3.8, 4) is 12.3 Å². The first-order valence-electron chi connectivity index (χ1n) is 16.5. The maximum absolute atomic E-state index is 13.4. The van der Waals surface area contributed by atoms with E-state index in [1.54, 1.807) is 48.5 Å². The van der Waals surface area contributed by atoms with Gasteiger partial charge < -0.3 is 23.7 Å². The fourth-order valence-corrected chi connectivity index (χ4v) is 5.87. The highest BCUT2D eigenvalue weighted by Gasteiger charge is 2.49. The summed E-state index contributed by atoms with van der Waals surface area (Å²) < 4.78 is 30.8. The molecule has 0 radical (unpaired) electrons. The lowest BCUT2D eigenvalue weighted by Gasteiger charge is -2.44. The normalized spacial score (nSPS) is 21.1. The lowest BCUT2D eigenvalue weighted by Crippen LogP contribution is -2.58. The van der Waals surface area contributed by atoms with Crippen LogP contribution in [0.5, 0.6) is 0 Å². The second kappa shape index (κ2) is 16.7. The van der Waals surface area contributed by atoms with Gasteiger partial charge in [0.05, 0.1) is 30.4 Å². The topological polar surface area (TPSA) is 80.3 Å². The van der Waals surface area contributed by atoms with Crippen LogP contribution in [0.2, 0.25) is 0 Å². The van der Waals surface area contributed by atoms with Gasteiger partial charge in [0, 0.05) is 5.92 Å². The molecular formula is C40H48O7. The number of hydrogen-bond donors (Lipinski definition) is 0. The highest BCUT2D eigenvalue weighted by Crippen LogP contribution is 2.35. The van der Waals surface area contributed by atoms with Crippen molar-refractivity contribution in [1.29, 1.82) is 0 Å². The molecule has 47 heavy (non-hydrogen) atoms. The Morgan fingerprint density at radius 1 is 0.787 bits per heavy atom. The van der Waals surface area contributed by atoms with Gasteiger partial charge in [0.1, 0.15) is 12.7 Å². The average Bonchev–Trinajstić information content (AvgIpc) is 3.06. The van der Waals surface area contributed by atoms with Gasteiger partial charge in [-0.2, -0.15) is 0 Å². The van der Waals surface area contributed by atoms with Crippen LogP contribution >= 0.6 is 0 Å². The molecule has 3 aromatic carbocycles. The molecule has 0 aliphatic carbocycles. The molecule has 7 heteroatoms. The van der Waals surface area contributed by atoms with E-state index in [1.807, 2.05) is 19.1 Å². The van der Waals surface area contributed by atoms with E-state index < -0.39 is 42.5 Å². The molecule has 1 aliphatic rings. The predicted molar refractivity (Wildman–Crippen MR) is 182 cm³/mol. The number of rotatable bonds is 13. The van der Waals surface area contributed by atoms with Gasteiger partial charge in [-0.25, -0.2) is 9.59 Å². The van der Waals surface area contributed by atoms with Crippen LogP contribution in [0.25, 0.3) is 0 Å². The Balaban J connectivity index is 1.62. The first-order valence-corrected chi connectivity index (χ1v) is 16.5. The van der Waals surface area contributed by atoms with Crippen molar-refractivity contribution in [1.82, 2.24) is 0 Å². The van der Waals surface area contributed by atoms with Gasteiger partial charge in [-0.1, -0.05) is 103 Å². The van der Waals surface area contributed by atoms with Crippen LogP contribution in [-0.2, 0) is 30.3 Å². The van der Waals surface area contributed by atoms with E-state index in [0.717, 1.165) is 0 Å². The third kappa shape index (κ3) is 9.10. The van der Waals surface area contributed by atoms with Crippen LogP contribution < -0.4 is 0 Å². The smallest absolute Gasteiger partial charge is 0.338 e. The van der Waals surface area contributed by atoms with Crippen molar-refractivity contribution in [3.05, 3.63) is 106 Å². The van der Waals surface area contributed by atoms with Crippen molar-refractivity contribution < 1.29 is 33.3 Å². The maximum atomic E-state index is 13.4. The lowest BCUT2D eigenvalue weighted by atomic mass is 9.85. The summed E-state index contributed by atoms with van der Waals surface area (Å²) in [6.45, 7) is 15.6. The summed E-state index contributed by atoms with van der Waals surface area (Å²) >= 11 is 0. The van der Waals surface area contributed by atoms with Crippen molar-refractivity contribution in [2.24, 2.45) is 5.92 Å². The largest absolute Gasteiger partial charge is 0.454 e. The summed E-state index contributed by atoms with van der Waals surface area (Å²) in [5.74, 6) is 1.93. The number of ether oxygens (including phenoxy) is 5. The molecule has 3 aromatic rings. The van der Waals surface area contributed by atoms with E-state index in [1.165, 1.54) is 22.3 Å². The number of esters is 2. The highest BCUT2D eigenvalue weighted by atomic mass is 16.7. The molecule has 4 rings (SSSR count). The molecule has 1 fully saturated rings. The van der Waals surface area contributed by atoms with Crippen molar-refractivity contribution in [2.45, 2.75) is 97.4 Å². The van der Waals surface area contributed by atoms with Gasteiger partial charge in [-0.3, -0.25) is 0 Å². The van der Waals surface area contributed by atoms with Crippen LogP contribution in [0.1, 0.15) is 109 Å². The second-order valence-electron chi connectivity index (χ2n) is 13.0. The highest BCUT2D eigenvalue weighted by molar-refractivity contribution is 5.90. The number of carbonyl (C=O) groups is 2. The molecule has 0 spiro atoms. The van der Waals surface area contributed by atoms with Gasteiger partial charge in [-0.15, -0.1) is 6.42 Å². The molecule has 0 unspecified atom stereocenters. The summed E-state index contributed by atoms with van der Waals surface area (Å²) in [5.41, 5.74) is 5.77. The molecule has 1 aliphatic heterocycles. The van der Waals surface area contributed by atoms with E-state index in [-0.39, 0.29) is 13.2 Å². The lowest BCUT2D eigenvalue weighted by molar-refractivity contribution is -0.285. The van der Waals surface area contributed by atoms with Gasteiger partial charge in [0.25, 0.3) is 0 Å². The Bertz CT molecular complexity index is 1480. The summed E-state index contributed by atoms with van der Waals surface area (Å²) in [5, 5.41) is 0. The summed E-state index contributed by atoms with van der Waals surface area (Å²) in [4.78, 5) is 26.6. The minimum absolute atomic E-state index is 0.0942. The zero-order valence-corrected chi connectivity index (χ0v) is 28.6. The van der Waals surface area contributed by atoms with Gasteiger partial charge in [0.2, 0.25) is 0 Å². The Labute approximate surface area is 279 Å². The quantitative estimate of drug-likeness (QED) is 0.138. The Kier molecular flexibility index (Phi) is 12.8. The Hall–Kier alpha value is -3.96. The minimum atomic E-state index is -1.10. The molecular weight excluding hydrogens is 592 g/mol. The van der Waals surface area contributed by atoms with Crippen LogP contribution in [0.3, 0.4) is 0 Å². The molecule has 0 saturated carbocycles. The maximum Gasteiger partial charge on any atom is 0.338 e. The standard InChI is InChI=1S/C40H48O7/c1-9-20-44-40-37(47-39(42)30-18-14-11-15-19-30)36(46-38(41)29-16-12-10-13-17-29)28(8)35(45-40)24-43-23-34-32(26(4)5)21-31(25(2)3)22-33(34)27(6)7/h1,10-19,21-22,25-28,35-37,40H,20,23-24H2,2-8H3/t28-,35-,36+,37+,40+/m1/s1. The second-order valence-corrected chi connectivity index (χ2v) is 13.0. The molecule has 7 nitrogen and oxygen atoms in total. The molecule has 0 amide bonds. The molecule has 0 N–H and O–H groups in total. The third-order valence-electron chi connectivity index (χ3n) is 8.62. The zero-order valence-electron chi connectivity index (χ0n) is 28.6. The summed E-state index contributed by atoms with van der Waals surface area (Å²) in [6, 6.07) is 21.9. The van der Waals surface area contributed by atoms with Crippen molar-refractivity contribution in [2.75, 3.05) is 13.2 Å². The number of benzene rings is 3. The van der Waals surface area contributed by atoms with Crippen molar-refractivity contribution in [3.63, 3.8) is 0 Å². The zero-order chi connectivity index (χ0) is 34.1. The SMILES string of the molecule is C#CCO[C@H]1O[C@H](COCc2c(C(C)C)cc(C(C)C)cc2C(C)C)[C@@H](C)[C@H](OC(=O)c2ccccc2)[C@@H]1OC(=O)c1ccccc1. The van der Waals surface area contributed by atoms with Crippen LogP contribution in [0, 0.1) is 18.3 Å². The number of carbonyl (C=O) groups excluding carboxylic acids is 2. The van der Waals surface area contributed by atoms with Gasteiger partial charge in [0.15, 0.2) is 12.4 Å². The monoisotopic (exact) mass is 640 g/mol. The van der Waals surface area contributed by atoms with Crippen LogP contribution in [-0.4, -0.2) is 49.8 Å². The van der Waals surface area contributed by atoms with E-state index in [0.29, 0.717) is 35.5 Å².